The molecule has 0 aliphatic carbocycles. The van der Waals surface area contributed by atoms with E-state index < -0.39 is 0 Å². The van der Waals surface area contributed by atoms with Crippen molar-refractivity contribution in [3.05, 3.63) is 11.1 Å². The average molecular weight is 285 g/mol. The normalized spacial score (nSPS) is 10.0. The molecule has 1 aromatic rings. The number of nitrogens with zero attached hydrogens (tertiary/aromatic N) is 1. The summed E-state index contributed by atoms with van der Waals surface area (Å²) in [6.07, 6.45) is 1.32. The van der Waals surface area contributed by atoms with E-state index in [1.165, 1.54) is 18.4 Å². The fourth-order valence-electron chi connectivity index (χ4n) is 1.40. The zero-order valence-electron chi connectivity index (χ0n) is 11.2. The minimum Gasteiger partial charge on any atom is -0.469 e. The first-order valence-corrected chi connectivity index (χ1v) is 7.05. The lowest BCUT2D eigenvalue weighted by molar-refractivity contribution is -0.140. The summed E-state index contributed by atoms with van der Waals surface area (Å²) in [6.45, 7) is 3.09. The first kappa shape index (κ1) is 15.4. The lowest BCUT2D eigenvalue weighted by atomic mass is 10.2. The number of nitrogens with one attached hydrogen (secondary N) is 2. The molecule has 19 heavy (non-hydrogen) atoms. The number of ether oxygens (including phenoxy) is 1. The van der Waals surface area contributed by atoms with Gasteiger partial charge < -0.3 is 15.4 Å². The summed E-state index contributed by atoms with van der Waals surface area (Å²) in [5, 5.41) is 8.48. The molecule has 0 saturated heterocycles. The highest BCUT2D eigenvalue weighted by molar-refractivity contribution is 7.13. The molecule has 1 heterocycles. The van der Waals surface area contributed by atoms with Crippen molar-refractivity contribution in [2.45, 2.75) is 26.2 Å². The van der Waals surface area contributed by atoms with Crippen molar-refractivity contribution in [1.82, 2.24) is 10.3 Å². The lowest BCUT2D eigenvalue weighted by Crippen LogP contribution is -2.24. The fraction of sp³-hybridized carbons (Fsp3) is 0.583. The van der Waals surface area contributed by atoms with Crippen molar-refractivity contribution in [3.63, 3.8) is 0 Å². The number of aryl methyl sites for hydroxylation is 1. The van der Waals surface area contributed by atoms with E-state index in [1.807, 2.05) is 12.3 Å². The molecule has 0 aromatic carbocycles. The van der Waals surface area contributed by atoms with E-state index in [9.17, 15) is 9.59 Å². The van der Waals surface area contributed by atoms with Crippen LogP contribution >= 0.6 is 11.3 Å². The van der Waals surface area contributed by atoms with Gasteiger partial charge in [-0.05, 0) is 6.92 Å². The standard InChI is InChI=1S/C12H19N3O3S/c1-3-13-10(16)6-7-14-12-15-9(8-19-12)4-5-11(17)18-2/h8H,3-7H2,1-2H3,(H,13,16)(H,14,15). The molecule has 0 saturated carbocycles. The molecule has 7 heteroatoms. The number of thiazole rings is 1. The maximum absolute atomic E-state index is 11.2. The smallest absolute Gasteiger partial charge is 0.305 e. The van der Waals surface area contributed by atoms with Crippen molar-refractivity contribution in [2.75, 3.05) is 25.5 Å². The molecule has 0 fully saturated rings. The predicted octanol–water partition coefficient (Wildman–Crippen LogP) is 1.19. The quantitative estimate of drug-likeness (QED) is 0.701. The molecule has 2 N–H and O–H groups in total. The molecule has 106 valence electrons. The Morgan fingerprint density at radius 2 is 2.21 bits per heavy atom. The minimum absolute atomic E-state index is 0.0254. The number of rotatable bonds is 8. The van der Waals surface area contributed by atoms with Crippen LogP contribution in [0.3, 0.4) is 0 Å². The van der Waals surface area contributed by atoms with Crippen LogP contribution in [0.2, 0.25) is 0 Å². The van der Waals surface area contributed by atoms with Crippen molar-refractivity contribution >= 4 is 28.3 Å². The Morgan fingerprint density at radius 3 is 2.89 bits per heavy atom. The first-order valence-electron chi connectivity index (χ1n) is 6.17. The number of anilines is 1. The number of aromatic nitrogens is 1. The zero-order valence-corrected chi connectivity index (χ0v) is 12.0. The summed E-state index contributed by atoms with van der Waals surface area (Å²) in [5.41, 5.74) is 0.857. The number of methoxy groups -OCH3 is 1. The zero-order chi connectivity index (χ0) is 14.1. The van der Waals surface area contributed by atoms with Crippen LogP contribution in [0.4, 0.5) is 5.13 Å². The highest BCUT2D eigenvalue weighted by Gasteiger charge is 2.06. The largest absolute Gasteiger partial charge is 0.469 e. The van der Waals surface area contributed by atoms with Gasteiger partial charge in [0.25, 0.3) is 0 Å². The number of amides is 1. The Bertz CT molecular complexity index is 420. The second-order valence-corrected chi connectivity index (χ2v) is 4.71. The Labute approximate surface area is 116 Å². The molecular weight excluding hydrogens is 266 g/mol. The Balaban J connectivity index is 2.26. The van der Waals surface area contributed by atoms with Gasteiger partial charge in [-0.1, -0.05) is 0 Å². The fourth-order valence-corrected chi connectivity index (χ4v) is 2.18. The third kappa shape index (κ3) is 6.19. The van der Waals surface area contributed by atoms with Crippen LogP contribution in [0.5, 0.6) is 0 Å². The minimum atomic E-state index is -0.237. The van der Waals surface area contributed by atoms with Crippen LogP contribution < -0.4 is 10.6 Å². The molecule has 0 unspecified atom stereocenters. The molecule has 0 aliphatic rings. The van der Waals surface area contributed by atoms with Gasteiger partial charge in [-0.15, -0.1) is 11.3 Å². The van der Waals surface area contributed by atoms with E-state index in [4.69, 9.17) is 0 Å². The number of hydrogen-bond donors (Lipinski definition) is 2. The third-order valence-electron chi connectivity index (χ3n) is 2.37. The monoisotopic (exact) mass is 285 g/mol. The van der Waals surface area contributed by atoms with Crippen molar-refractivity contribution < 1.29 is 14.3 Å². The van der Waals surface area contributed by atoms with Gasteiger partial charge >= 0.3 is 5.97 Å². The van der Waals surface area contributed by atoms with E-state index in [0.717, 1.165) is 10.8 Å². The van der Waals surface area contributed by atoms with Gasteiger partial charge in [0.2, 0.25) is 5.91 Å². The van der Waals surface area contributed by atoms with Crippen LogP contribution in [0.15, 0.2) is 5.38 Å². The molecule has 1 rings (SSSR count). The van der Waals surface area contributed by atoms with Crippen LogP contribution in [-0.4, -0.2) is 37.1 Å². The molecule has 1 aromatic heterocycles. The van der Waals surface area contributed by atoms with Gasteiger partial charge in [0.05, 0.1) is 19.2 Å². The highest BCUT2D eigenvalue weighted by Crippen LogP contribution is 2.16. The van der Waals surface area contributed by atoms with Crippen molar-refractivity contribution in [1.29, 1.82) is 0 Å². The maximum Gasteiger partial charge on any atom is 0.305 e. The van der Waals surface area contributed by atoms with Gasteiger partial charge in [-0.2, -0.15) is 0 Å². The Kier molecular flexibility index (Phi) is 6.88. The molecule has 1 amide bonds. The average Bonchev–Trinajstić information content (AvgIpc) is 2.84. The summed E-state index contributed by atoms with van der Waals surface area (Å²) < 4.78 is 4.57. The molecule has 0 spiro atoms. The van der Waals surface area contributed by atoms with Gasteiger partial charge in [0, 0.05) is 31.3 Å². The number of esters is 1. The summed E-state index contributed by atoms with van der Waals surface area (Å²) in [7, 11) is 1.37. The number of hydrogen-bond acceptors (Lipinski definition) is 6. The van der Waals surface area contributed by atoms with Gasteiger partial charge in [0.1, 0.15) is 0 Å². The van der Waals surface area contributed by atoms with Gasteiger partial charge in [-0.25, -0.2) is 4.98 Å². The predicted molar refractivity (Wildman–Crippen MR) is 74.2 cm³/mol. The summed E-state index contributed by atoms with van der Waals surface area (Å²) in [5.74, 6) is -0.212. The van der Waals surface area contributed by atoms with E-state index >= 15 is 0 Å². The van der Waals surface area contributed by atoms with Gasteiger partial charge in [0.15, 0.2) is 5.13 Å². The van der Waals surface area contributed by atoms with Crippen LogP contribution in [0, 0.1) is 0 Å². The maximum atomic E-state index is 11.2. The second kappa shape index (κ2) is 8.47. The first-order chi connectivity index (χ1) is 9.15. The van der Waals surface area contributed by atoms with Crippen LogP contribution in [0.25, 0.3) is 0 Å². The summed E-state index contributed by atoms with van der Waals surface area (Å²) in [4.78, 5) is 26.6. The van der Waals surface area contributed by atoms with E-state index in [-0.39, 0.29) is 11.9 Å². The highest BCUT2D eigenvalue weighted by atomic mass is 32.1. The van der Waals surface area contributed by atoms with E-state index in [0.29, 0.717) is 32.4 Å². The van der Waals surface area contributed by atoms with Crippen LogP contribution in [0.1, 0.15) is 25.5 Å². The second-order valence-electron chi connectivity index (χ2n) is 3.85. The van der Waals surface area contributed by atoms with Crippen molar-refractivity contribution in [2.24, 2.45) is 0 Å². The summed E-state index contributed by atoms with van der Waals surface area (Å²) >= 11 is 1.47. The SMILES string of the molecule is CCNC(=O)CCNc1nc(CCC(=O)OC)cs1. The van der Waals surface area contributed by atoms with Crippen LogP contribution in [-0.2, 0) is 20.7 Å². The third-order valence-corrected chi connectivity index (χ3v) is 3.22. The molecule has 0 radical (unpaired) electrons. The molecule has 0 bridgehead atoms. The number of carbonyl (C=O) groups excluding carboxylic acids is 2. The number of carbonyl (C=O) groups is 2. The molecular formula is C12H19N3O3S. The van der Waals surface area contributed by atoms with Gasteiger partial charge in [-0.3, -0.25) is 9.59 Å². The van der Waals surface area contributed by atoms with E-state index in [2.05, 4.69) is 20.4 Å². The van der Waals surface area contributed by atoms with E-state index in [1.54, 1.807) is 0 Å². The molecule has 0 aliphatic heterocycles. The molecule has 6 nitrogen and oxygen atoms in total. The summed E-state index contributed by atoms with van der Waals surface area (Å²) in [6, 6.07) is 0. The Morgan fingerprint density at radius 1 is 1.42 bits per heavy atom. The molecule has 0 atom stereocenters. The van der Waals surface area contributed by atoms with Crippen molar-refractivity contribution in [3.8, 4) is 0 Å². The lowest BCUT2D eigenvalue weighted by Gasteiger charge is -2.02. The Hall–Kier alpha value is -1.63. The topological polar surface area (TPSA) is 80.3 Å².